The Bertz CT molecular complexity index is 508. The SMILES string of the molecule is C=CCOc1c(S(=O)(=O)O)ccc(N)c1C. The Morgan fingerprint density at radius 2 is 2.19 bits per heavy atom. The first-order valence-electron chi connectivity index (χ1n) is 4.48. The molecule has 0 heterocycles. The Morgan fingerprint density at radius 3 is 2.69 bits per heavy atom. The van der Waals surface area contributed by atoms with Crippen molar-refractivity contribution in [2.45, 2.75) is 11.8 Å². The normalized spacial score (nSPS) is 11.1. The monoisotopic (exact) mass is 243 g/mol. The van der Waals surface area contributed by atoms with E-state index in [0.29, 0.717) is 11.3 Å². The topological polar surface area (TPSA) is 89.6 Å². The lowest BCUT2D eigenvalue weighted by atomic mass is 10.2. The van der Waals surface area contributed by atoms with Gasteiger partial charge < -0.3 is 10.5 Å². The molecule has 1 aromatic rings. The van der Waals surface area contributed by atoms with Crippen LogP contribution in [0.3, 0.4) is 0 Å². The molecule has 0 aliphatic rings. The lowest BCUT2D eigenvalue weighted by Gasteiger charge is -2.12. The van der Waals surface area contributed by atoms with E-state index in [0.717, 1.165) is 0 Å². The number of rotatable bonds is 4. The molecule has 16 heavy (non-hydrogen) atoms. The van der Waals surface area contributed by atoms with Crippen LogP contribution in [0.25, 0.3) is 0 Å². The molecule has 0 saturated carbocycles. The van der Waals surface area contributed by atoms with E-state index in [4.69, 9.17) is 15.0 Å². The summed E-state index contributed by atoms with van der Waals surface area (Å²) < 4.78 is 36.4. The molecule has 5 nitrogen and oxygen atoms in total. The number of ether oxygens (including phenoxy) is 1. The summed E-state index contributed by atoms with van der Waals surface area (Å²) in [6.45, 7) is 5.20. The molecule has 0 aliphatic carbocycles. The van der Waals surface area contributed by atoms with Crippen molar-refractivity contribution in [3.63, 3.8) is 0 Å². The van der Waals surface area contributed by atoms with Gasteiger partial charge in [-0.3, -0.25) is 4.55 Å². The molecule has 1 rings (SSSR count). The van der Waals surface area contributed by atoms with Gasteiger partial charge in [-0.2, -0.15) is 8.42 Å². The van der Waals surface area contributed by atoms with Crippen molar-refractivity contribution in [2.75, 3.05) is 12.3 Å². The number of anilines is 1. The van der Waals surface area contributed by atoms with Gasteiger partial charge >= 0.3 is 0 Å². The van der Waals surface area contributed by atoms with E-state index in [1.165, 1.54) is 18.2 Å². The van der Waals surface area contributed by atoms with Crippen LogP contribution in [-0.2, 0) is 10.1 Å². The average molecular weight is 243 g/mol. The van der Waals surface area contributed by atoms with Gasteiger partial charge in [0.1, 0.15) is 17.3 Å². The molecule has 0 amide bonds. The van der Waals surface area contributed by atoms with E-state index in [-0.39, 0.29) is 17.3 Å². The third-order valence-corrected chi connectivity index (χ3v) is 2.91. The molecule has 6 heteroatoms. The standard InChI is InChI=1S/C10H13NO4S/c1-3-6-15-10-7(2)8(11)4-5-9(10)16(12,13)14/h3-5H,1,6,11H2,2H3,(H,12,13,14). The fourth-order valence-corrected chi connectivity index (χ4v) is 1.89. The molecule has 0 atom stereocenters. The maximum absolute atomic E-state index is 11.1. The van der Waals surface area contributed by atoms with Crippen LogP contribution < -0.4 is 10.5 Å². The highest BCUT2D eigenvalue weighted by molar-refractivity contribution is 7.86. The van der Waals surface area contributed by atoms with Crippen molar-refractivity contribution in [2.24, 2.45) is 0 Å². The van der Waals surface area contributed by atoms with Gasteiger partial charge in [0, 0.05) is 11.3 Å². The van der Waals surface area contributed by atoms with Crippen molar-refractivity contribution in [1.82, 2.24) is 0 Å². The summed E-state index contributed by atoms with van der Waals surface area (Å²) >= 11 is 0. The second-order valence-electron chi connectivity index (χ2n) is 3.18. The number of hydrogen-bond donors (Lipinski definition) is 2. The van der Waals surface area contributed by atoms with Gasteiger partial charge in [-0.1, -0.05) is 12.7 Å². The minimum Gasteiger partial charge on any atom is -0.488 e. The van der Waals surface area contributed by atoms with Crippen molar-refractivity contribution in [3.8, 4) is 5.75 Å². The summed E-state index contributed by atoms with van der Waals surface area (Å²) in [5, 5.41) is 0. The third kappa shape index (κ3) is 2.53. The van der Waals surface area contributed by atoms with Crippen LogP contribution in [0.15, 0.2) is 29.7 Å². The zero-order chi connectivity index (χ0) is 12.3. The number of benzene rings is 1. The van der Waals surface area contributed by atoms with Crippen LogP contribution in [0.2, 0.25) is 0 Å². The van der Waals surface area contributed by atoms with E-state index >= 15 is 0 Å². The molecule has 0 bridgehead atoms. The smallest absolute Gasteiger partial charge is 0.298 e. The van der Waals surface area contributed by atoms with Gasteiger partial charge in [-0.15, -0.1) is 0 Å². The molecule has 0 unspecified atom stereocenters. The highest BCUT2D eigenvalue weighted by Crippen LogP contribution is 2.31. The van der Waals surface area contributed by atoms with Crippen LogP contribution in [0, 0.1) is 6.92 Å². The summed E-state index contributed by atoms with van der Waals surface area (Å²) in [5.74, 6) is 0.0578. The first-order chi connectivity index (χ1) is 7.38. The van der Waals surface area contributed by atoms with E-state index in [1.54, 1.807) is 6.92 Å². The van der Waals surface area contributed by atoms with E-state index < -0.39 is 10.1 Å². The largest absolute Gasteiger partial charge is 0.488 e. The van der Waals surface area contributed by atoms with Crippen LogP contribution in [0.5, 0.6) is 5.75 Å². The molecule has 0 spiro atoms. The Kier molecular flexibility index (Phi) is 3.56. The molecule has 0 saturated heterocycles. The molecule has 1 aromatic carbocycles. The van der Waals surface area contributed by atoms with Gasteiger partial charge in [0.2, 0.25) is 0 Å². The van der Waals surface area contributed by atoms with Crippen molar-refractivity contribution >= 4 is 15.8 Å². The van der Waals surface area contributed by atoms with E-state index in [2.05, 4.69) is 6.58 Å². The Labute approximate surface area is 94.3 Å². The maximum atomic E-state index is 11.1. The van der Waals surface area contributed by atoms with Crippen molar-refractivity contribution < 1.29 is 17.7 Å². The molecule has 0 aromatic heterocycles. The summed E-state index contributed by atoms with van der Waals surface area (Å²) in [6, 6.07) is 2.61. The first kappa shape index (κ1) is 12.5. The molecular formula is C10H13NO4S. The summed E-state index contributed by atoms with van der Waals surface area (Å²) in [4.78, 5) is -0.291. The van der Waals surface area contributed by atoms with Crippen LogP contribution in [0.4, 0.5) is 5.69 Å². The molecule has 3 N–H and O–H groups in total. The Morgan fingerprint density at radius 1 is 1.56 bits per heavy atom. The second kappa shape index (κ2) is 4.54. The summed E-state index contributed by atoms with van der Waals surface area (Å²) in [5.41, 5.74) is 6.49. The number of nitrogens with two attached hydrogens (primary N) is 1. The lowest BCUT2D eigenvalue weighted by Crippen LogP contribution is -2.06. The molecular weight excluding hydrogens is 230 g/mol. The maximum Gasteiger partial charge on any atom is 0.298 e. The van der Waals surface area contributed by atoms with Gasteiger partial charge in [-0.25, -0.2) is 0 Å². The molecule has 0 radical (unpaired) electrons. The summed E-state index contributed by atoms with van der Waals surface area (Å²) in [6.07, 6.45) is 1.47. The van der Waals surface area contributed by atoms with E-state index in [9.17, 15) is 8.42 Å². The molecule has 88 valence electrons. The zero-order valence-corrected chi connectivity index (χ0v) is 9.62. The third-order valence-electron chi connectivity index (χ3n) is 2.04. The van der Waals surface area contributed by atoms with Gasteiger partial charge in [0.15, 0.2) is 0 Å². The van der Waals surface area contributed by atoms with E-state index in [1.807, 2.05) is 0 Å². The zero-order valence-electron chi connectivity index (χ0n) is 8.80. The minimum absolute atomic E-state index is 0.0578. The van der Waals surface area contributed by atoms with Crippen LogP contribution in [-0.4, -0.2) is 19.6 Å². The molecule has 0 fully saturated rings. The predicted octanol–water partition coefficient (Wildman–Crippen LogP) is 1.39. The number of nitrogen functional groups attached to an aromatic ring is 1. The minimum atomic E-state index is -4.32. The lowest BCUT2D eigenvalue weighted by molar-refractivity contribution is 0.348. The van der Waals surface area contributed by atoms with Crippen LogP contribution in [0.1, 0.15) is 5.56 Å². The fraction of sp³-hybridized carbons (Fsp3) is 0.200. The first-order valence-corrected chi connectivity index (χ1v) is 5.92. The van der Waals surface area contributed by atoms with Gasteiger partial charge in [0.25, 0.3) is 10.1 Å². The summed E-state index contributed by atoms with van der Waals surface area (Å²) in [7, 11) is -4.32. The van der Waals surface area contributed by atoms with Gasteiger partial charge in [0.05, 0.1) is 0 Å². The highest BCUT2D eigenvalue weighted by Gasteiger charge is 2.19. The molecule has 0 aliphatic heterocycles. The highest BCUT2D eigenvalue weighted by atomic mass is 32.2. The van der Waals surface area contributed by atoms with Gasteiger partial charge in [-0.05, 0) is 19.1 Å². The fourth-order valence-electron chi connectivity index (χ4n) is 1.21. The Hall–Kier alpha value is -1.53. The number of hydrogen-bond acceptors (Lipinski definition) is 4. The van der Waals surface area contributed by atoms with Crippen molar-refractivity contribution in [3.05, 3.63) is 30.4 Å². The quantitative estimate of drug-likeness (QED) is 0.474. The van der Waals surface area contributed by atoms with Crippen LogP contribution >= 0.6 is 0 Å². The second-order valence-corrected chi connectivity index (χ2v) is 4.57. The predicted molar refractivity (Wildman–Crippen MR) is 61.1 cm³/mol. The van der Waals surface area contributed by atoms with Crippen molar-refractivity contribution in [1.29, 1.82) is 0 Å². The average Bonchev–Trinajstić information content (AvgIpc) is 2.18. The Balaban J connectivity index is 3.38.